The number of nitrogens with zero attached hydrogens (tertiary/aromatic N) is 3. The van der Waals surface area contributed by atoms with E-state index in [1.165, 1.54) is 0 Å². The van der Waals surface area contributed by atoms with E-state index in [0.29, 0.717) is 17.3 Å². The number of nitriles is 1. The quantitative estimate of drug-likeness (QED) is 0.802. The van der Waals surface area contributed by atoms with Crippen molar-refractivity contribution in [2.45, 2.75) is 38.5 Å². The molecule has 6 nitrogen and oxygen atoms in total. The van der Waals surface area contributed by atoms with Crippen LogP contribution in [0.3, 0.4) is 0 Å². The molecule has 1 aromatic rings. The lowest BCUT2D eigenvalue weighted by atomic mass is 9.72. The lowest BCUT2D eigenvalue weighted by Crippen LogP contribution is -2.65. The second-order valence-corrected chi connectivity index (χ2v) is 5.28. The Balaban J connectivity index is 1.85. The zero-order valence-electron chi connectivity index (χ0n) is 11.1. The Hall–Kier alpha value is -1.71. The predicted molar refractivity (Wildman–Crippen MR) is 69.5 cm³/mol. The monoisotopic (exact) mass is 259 g/mol. The van der Waals surface area contributed by atoms with Crippen LogP contribution in [0.5, 0.6) is 0 Å². The summed E-state index contributed by atoms with van der Waals surface area (Å²) in [7, 11) is 0. The first-order chi connectivity index (χ1) is 9.13. The summed E-state index contributed by atoms with van der Waals surface area (Å²) in [4.78, 5) is 0. The molecule has 0 aromatic carbocycles. The molecule has 100 valence electrons. The number of hydrogen-bond acceptors (Lipinski definition) is 6. The Kier molecular flexibility index (Phi) is 2.88. The summed E-state index contributed by atoms with van der Waals surface area (Å²) in [5.74, 6) is 0.947. The zero-order valence-corrected chi connectivity index (χ0v) is 11.1. The maximum Gasteiger partial charge on any atom is 0.167 e. The van der Waals surface area contributed by atoms with E-state index in [9.17, 15) is 5.26 Å². The molecule has 0 radical (unpaired) electrons. The molecule has 0 spiro atoms. The van der Waals surface area contributed by atoms with Crippen molar-refractivity contribution in [2.75, 3.05) is 11.9 Å². The van der Waals surface area contributed by atoms with Gasteiger partial charge in [-0.2, -0.15) is 10.4 Å². The van der Waals surface area contributed by atoms with E-state index in [-0.39, 0.29) is 18.2 Å². The van der Waals surface area contributed by atoms with Crippen LogP contribution in [0.2, 0.25) is 0 Å². The highest BCUT2D eigenvalue weighted by atomic mass is 16.5. The minimum absolute atomic E-state index is 0.0241. The maximum atomic E-state index is 9.26. The molecule has 3 rings (SSSR count). The first-order valence-electron chi connectivity index (χ1n) is 6.51. The van der Waals surface area contributed by atoms with E-state index in [1.54, 1.807) is 0 Å². The highest BCUT2D eigenvalue weighted by Crippen LogP contribution is 2.39. The number of rotatable bonds is 2. The van der Waals surface area contributed by atoms with Crippen molar-refractivity contribution in [3.05, 3.63) is 16.8 Å². The minimum Gasteiger partial charge on any atom is -0.376 e. The third kappa shape index (κ3) is 1.78. The van der Waals surface area contributed by atoms with Crippen LogP contribution in [0.4, 0.5) is 5.82 Å². The van der Waals surface area contributed by atoms with Crippen LogP contribution in [-0.4, -0.2) is 35.0 Å². The predicted octanol–water partition coefficient (Wildman–Crippen LogP) is 0.492. The topological polar surface area (TPSA) is 96.8 Å². The Morgan fingerprint density at radius 2 is 2.21 bits per heavy atom. The minimum atomic E-state index is 0.0241. The number of ether oxygens (including phenoxy) is 1. The van der Waals surface area contributed by atoms with Crippen molar-refractivity contribution >= 4 is 5.82 Å². The average molecular weight is 259 g/mol. The van der Waals surface area contributed by atoms with Crippen molar-refractivity contribution < 1.29 is 4.74 Å². The molecule has 1 saturated heterocycles. The highest BCUT2D eigenvalue weighted by Gasteiger charge is 2.52. The molecule has 2 fully saturated rings. The average Bonchev–Trinajstić information content (AvgIpc) is 2.84. The van der Waals surface area contributed by atoms with Gasteiger partial charge in [0.1, 0.15) is 11.6 Å². The number of aromatic nitrogens is 2. The number of hydrogen-bond donors (Lipinski definition) is 2. The molecular formula is C13H17N5O. The lowest BCUT2D eigenvalue weighted by molar-refractivity contribution is 0.00520. The smallest absolute Gasteiger partial charge is 0.167 e. The molecule has 4 atom stereocenters. The third-order valence-electron chi connectivity index (χ3n) is 4.32. The van der Waals surface area contributed by atoms with Gasteiger partial charge in [-0.3, -0.25) is 0 Å². The normalized spacial score (nSPS) is 32.3. The number of fused-ring (bicyclic) bond motifs is 1. The first kappa shape index (κ1) is 12.3. The van der Waals surface area contributed by atoms with E-state index in [0.717, 1.165) is 24.3 Å². The fraction of sp³-hybridized carbons (Fsp3) is 0.615. The number of anilines is 1. The Bertz CT molecular complexity index is 553. The molecule has 6 heteroatoms. The fourth-order valence-corrected chi connectivity index (χ4v) is 2.93. The highest BCUT2D eigenvalue weighted by molar-refractivity contribution is 5.57. The zero-order chi connectivity index (χ0) is 13.6. The van der Waals surface area contributed by atoms with Gasteiger partial charge in [-0.05, 0) is 25.8 Å². The van der Waals surface area contributed by atoms with Gasteiger partial charge in [-0.25, -0.2) is 0 Å². The summed E-state index contributed by atoms with van der Waals surface area (Å²) in [5, 5.41) is 20.7. The maximum absolute atomic E-state index is 9.26. The van der Waals surface area contributed by atoms with Gasteiger partial charge in [0.25, 0.3) is 0 Å². The van der Waals surface area contributed by atoms with Crippen molar-refractivity contribution in [3.63, 3.8) is 0 Å². The van der Waals surface area contributed by atoms with Gasteiger partial charge in [0.05, 0.1) is 17.8 Å². The lowest BCUT2D eigenvalue weighted by Gasteiger charge is -2.45. The van der Waals surface area contributed by atoms with Crippen molar-refractivity contribution in [1.29, 1.82) is 5.26 Å². The Labute approximate surface area is 112 Å². The SMILES string of the molecule is Cc1nnc(NC2C(N)C3CCOC32)c(C#N)c1C. The summed E-state index contributed by atoms with van der Waals surface area (Å²) < 4.78 is 5.66. The molecule has 2 heterocycles. The van der Waals surface area contributed by atoms with E-state index < -0.39 is 0 Å². The van der Waals surface area contributed by atoms with Crippen LogP contribution in [0.1, 0.15) is 23.2 Å². The number of nitrogens with one attached hydrogen (secondary N) is 1. The summed E-state index contributed by atoms with van der Waals surface area (Å²) in [5.41, 5.74) is 8.32. The van der Waals surface area contributed by atoms with Crippen molar-refractivity contribution in [2.24, 2.45) is 11.7 Å². The summed E-state index contributed by atoms with van der Waals surface area (Å²) in [6, 6.07) is 2.27. The summed E-state index contributed by atoms with van der Waals surface area (Å²) in [6.45, 7) is 4.49. The van der Waals surface area contributed by atoms with Crippen LogP contribution in [0.15, 0.2) is 0 Å². The van der Waals surface area contributed by atoms with E-state index in [2.05, 4.69) is 21.6 Å². The van der Waals surface area contributed by atoms with Gasteiger partial charge in [0, 0.05) is 18.6 Å². The molecule has 4 unspecified atom stereocenters. The summed E-state index contributed by atoms with van der Waals surface area (Å²) in [6.07, 6.45) is 1.17. The van der Waals surface area contributed by atoms with Gasteiger partial charge in [0.2, 0.25) is 0 Å². The largest absolute Gasteiger partial charge is 0.376 e. The number of nitrogens with two attached hydrogens (primary N) is 1. The molecule has 1 aliphatic heterocycles. The van der Waals surface area contributed by atoms with Gasteiger partial charge < -0.3 is 15.8 Å². The van der Waals surface area contributed by atoms with Crippen LogP contribution in [0, 0.1) is 31.1 Å². The third-order valence-corrected chi connectivity index (χ3v) is 4.32. The van der Waals surface area contributed by atoms with E-state index in [4.69, 9.17) is 10.5 Å². The van der Waals surface area contributed by atoms with E-state index >= 15 is 0 Å². The second kappa shape index (κ2) is 4.44. The Morgan fingerprint density at radius 1 is 1.42 bits per heavy atom. The molecule has 1 aliphatic carbocycles. The molecule has 3 N–H and O–H groups in total. The molecular weight excluding hydrogens is 242 g/mol. The van der Waals surface area contributed by atoms with Crippen molar-refractivity contribution in [3.8, 4) is 6.07 Å². The molecule has 2 aliphatic rings. The van der Waals surface area contributed by atoms with Crippen LogP contribution >= 0.6 is 0 Å². The fourth-order valence-electron chi connectivity index (χ4n) is 2.93. The van der Waals surface area contributed by atoms with Crippen LogP contribution < -0.4 is 11.1 Å². The van der Waals surface area contributed by atoms with E-state index in [1.807, 2.05) is 13.8 Å². The van der Waals surface area contributed by atoms with Gasteiger partial charge in [-0.1, -0.05) is 0 Å². The molecule has 19 heavy (non-hydrogen) atoms. The molecule has 0 amide bonds. The molecule has 1 saturated carbocycles. The number of aryl methyl sites for hydroxylation is 1. The Morgan fingerprint density at radius 3 is 2.95 bits per heavy atom. The van der Waals surface area contributed by atoms with Crippen LogP contribution in [-0.2, 0) is 4.74 Å². The summed E-state index contributed by atoms with van der Waals surface area (Å²) >= 11 is 0. The van der Waals surface area contributed by atoms with Gasteiger partial charge in [-0.15, -0.1) is 5.10 Å². The molecule has 0 bridgehead atoms. The van der Waals surface area contributed by atoms with Gasteiger partial charge >= 0.3 is 0 Å². The first-order valence-corrected chi connectivity index (χ1v) is 6.51. The molecule has 1 aromatic heterocycles. The van der Waals surface area contributed by atoms with Gasteiger partial charge in [0.15, 0.2) is 5.82 Å². The van der Waals surface area contributed by atoms with Crippen LogP contribution in [0.25, 0.3) is 0 Å². The van der Waals surface area contributed by atoms with Crippen molar-refractivity contribution in [1.82, 2.24) is 10.2 Å². The standard InChI is InChI=1S/C13H17N5O/c1-6-7(2)17-18-13(9(6)5-14)16-11-10(15)8-3-4-19-12(8)11/h8,10-12H,3-4,15H2,1-2H3,(H,16,18). The second-order valence-electron chi connectivity index (χ2n) is 5.28.